The molecule has 1 atom stereocenters. The molecule has 1 aromatic rings. The molecule has 0 saturated heterocycles. The zero-order chi connectivity index (χ0) is 10.1. The Balaban J connectivity index is 0.00000169. The second kappa shape index (κ2) is 4.98. The molecule has 0 radical (unpaired) electrons. The Morgan fingerprint density at radius 2 is 1.57 bits per heavy atom. The maximum Gasteiger partial charge on any atom is 1.00 e. The van der Waals surface area contributed by atoms with Gasteiger partial charge in [-0.2, -0.15) is 13.2 Å². The molecule has 0 aliphatic rings. The van der Waals surface area contributed by atoms with Crippen molar-refractivity contribution in [1.29, 1.82) is 0 Å². The minimum absolute atomic E-state index is 0. The summed E-state index contributed by atoms with van der Waals surface area (Å²) in [6.07, 6.45) is -4.43. The molecule has 7 heteroatoms. The van der Waals surface area contributed by atoms with Gasteiger partial charge in [-0.15, -0.1) is 0 Å². The van der Waals surface area contributed by atoms with Crippen molar-refractivity contribution in [2.45, 2.75) is 11.1 Å². The summed E-state index contributed by atoms with van der Waals surface area (Å²) in [5.41, 5.74) is -0.860. The maximum absolute atomic E-state index is 12.0. The van der Waals surface area contributed by atoms with Crippen LogP contribution in [0.25, 0.3) is 0 Å². The summed E-state index contributed by atoms with van der Waals surface area (Å²) in [6.45, 7) is 0. The zero-order valence-corrected chi connectivity index (χ0v) is 7.98. The van der Waals surface area contributed by atoms with E-state index < -0.39 is 22.8 Å². The average molecular weight is 216 g/mol. The molecule has 0 aromatic heterocycles. The topological polar surface area (TPSA) is 40.1 Å². The van der Waals surface area contributed by atoms with Gasteiger partial charge in [-0.3, -0.25) is 4.21 Å². The first-order valence-electron chi connectivity index (χ1n) is 3.18. The van der Waals surface area contributed by atoms with Gasteiger partial charge in [0.25, 0.3) is 0 Å². The summed E-state index contributed by atoms with van der Waals surface area (Å²) < 4.78 is 56.5. The van der Waals surface area contributed by atoms with Crippen molar-refractivity contribution in [1.82, 2.24) is 0 Å². The zero-order valence-electron chi connectivity index (χ0n) is 7.17. The molecule has 0 saturated carbocycles. The van der Waals surface area contributed by atoms with E-state index in [9.17, 15) is 21.9 Å². The van der Waals surface area contributed by atoms with Crippen LogP contribution in [0.4, 0.5) is 13.2 Å². The molecule has 1 unspecified atom stereocenters. The fourth-order valence-corrected chi connectivity index (χ4v) is 1.11. The molecule has 1 aromatic carbocycles. The van der Waals surface area contributed by atoms with Gasteiger partial charge in [-0.05, 0) is 35.3 Å². The van der Waals surface area contributed by atoms with Gasteiger partial charge in [-0.25, -0.2) is 0 Å². The minimum atomic E-state index is -4.43. The largest absolute Gasteiger partial charge is 1.00 e. The molecule has 0 spiro atoms. The third-order valence-corrected chi connectivity index (χ3v) is 2.03. The van der Waals surface area contributed by atoms with E-state index in [2.05, 4.69) is 0 Å². The van der Waals surface area contributed by atoms with Crippen molar-refractivity contribution in [3.05, 3.63) is 29.8 Å². The fourth-order valence-electron chi connectivity index (χ4n) is 0.755. The predicted octanol–water partition coefficient (Wildman–Crippen LogP) is -1.05. The third kappa shape index (κ3) is 3.46. The molecule has 0 aliphatic carbocycles. The van der Waals surface area contributed by atoms with Crippen LogP contribution in [0.1, 0.15) is 5.56 Å². The molecule has 0 aliphatic heterocycles. The summed E-state index contributed by atoms with van der Waals surface area (Å²) in [4.78, 5) is -0.159. The number of hydrogen-bond donors (Lipinski definition) is 0. The first kappa shape index (κ1) is 13.7. The van der Waals surface area contributed by atoms with Gasteiger partial charge >= 0.3 is 25.0 Å². The maximum atomic E-state index is 12.0. The second-order valence-corrected chi connectivity index (χ2v) is 3.20. The van der Waals surface area contributed by atoms with Crippen LogP contribution >= 0.6 is 0 Å². The van der Waals surface area contributed by atoms with Crippen LogP contribution < -0.4 is 18.9 Å². The normalized spacial score (nSPS) is 13.1. The Morgan fingerprint density at radius 1 is 1.14 bits per heavy atom. The van der Waals surface area contributed by atoms with E-state index in [-0.39, 0.29) is 23.8 Å². The SMILES string of the molecule is O=S([O-])c1ccc(C(F)(F)F)cc1.[Li+]. The van der Waals surface area contributed by atoms with Crippen LogP contribution in [0.3, 0.4) is 0 Å². The van der Waals surface area contributed by atoms with E-state index in [0.29, 0.717) is 0 Å². The molecule has 0 amide bonds. The summed E-state index contributed by atoms with van der Waals surface area (Å²) in [5.74, 6) is 0. The number of alkyl halides is 3. The number of rotatable bonds is 1. The van der Waals surface area contributed by atoms with Crippen molar-refractivity contribution >= 4 is 11.1 Å². The van der Waals surface area contributed by atoms with Gasteiger partial charge in [0, 0.05) is 4.90 Å². The van der Waals surface area contributed by atoms with E-state index in [1.165, 1.54) is 0 Å². The first-order valence-corrected chi connectivity index (χ1v) is 4.25. The molecule has 72 valence electrons. The molecule has 2 nitrogen and oxygen atoms in total. The first-order chi connectivity index (χ1) is 5.91. The number of benzene rings is 1. The van der Waals surface area contributed by atoms with Crippen molar-refractivity contribution in [2.75, 3.05) is 0 Å². The standard InChI is InChI=1S/C7H5F3O2S.Li/c8-7(9,10)5-1-3-6(4-2-5)13(11)12;/h1-4H,(H,11,12);/q;+1/p-1. The van der Waals surface area contributed by atoms with Gasteiger partial charge in [0.1, 0.15) is 0 Å². The molecule has 0 bridgehead atoms. The Hall–Kier alpha value is -0.283. The molecule has 14 heavy (non-hydrogen) atoms. The van der Waals surface area contributed by atoms with Gasteiger partial charge in [0.05, 0.1) is 5.56 Å². The van der Waals surface area contributed by atoms with Crippen LogP contribution in [0.5, 0.6) is 0 Å². The summed E-state index contributed by atoms with van der Waals surface area (Å²) in [5, 5.41) is 0. The summed E-state index contributed by atoms with van der Waals surface area (Å²) in [7, 11) is 0. The minimum Gasteiger partial charge on any atom is -0.768 e. The van der Waals surface area contributed by atoms with Crippen LogP contribution in [0.2, 0.25) is 0 Å². The number of hydrogen-bond acceptors (Lipinski definition) is 2. The van der Waals surface area contributed by atoms with Crippen LogP contribution in [0.15, 0.2) is 29.2 Å². The van der Waals surface area contributed by atoms with Crippen molar-refractivity contribution in [2.24, 2.45) is 0 Å². The van der Waals surface area contributed by atoms with Crippen LogP contribution in [-0.4, -0.2) is 8.76 Å². The number of halogens is 3. The van der Waals surface area contributed by atoms with E-state index in [1.807, 2.05) is 0 Å². The Bertz CT molecular complexity index is 323. The van der Waals surface area contributed by atoms with Crippen molar-refractivity contribution < 1.29 is 40.8 Å². The van der Waals surface area contributed by atoms with Crippen LogP contribution in [-0.2, 0) is 17.3 Å². The van der Waals surface area contributed by atoms with E-state index in [0.717, 1.165) is 24.3 Å². The van der Waals surface area contributed by atoms with Gasteiger partial charge in [-0.1, -0.05) is 0 Å². The van der Waals surface area contributed by atoms with E-state index >= 15 is 0 Å². The van der Waals surface area contributed by atoms with E-state index in [1.54, 1.807) is 0 Å². The van der Waals surface area contributed by atoms with Crippen molar-refractivity contribution in [3.8, 4) is 0 Å². The smallest absolute Gasteiger partial charge is 0.768 e. The predicted molar refractivity (Wildman–Crippen MR) is 38.6 cm³/mol. The van der Waals surface area contributed by atoms with Gasteiger partial charge < -0.3 is 4.55 Å². The quantitative estimate of drug-likeness (QED) is 0.444. The van der Waals surface area contributed by atoms with E-state index in [4.69, 9.17) is 0 Å². The Morgan fingerprint density at radius 3 is 1.86 bits per heavy atom. The van der Waals surface area contributed by atoms with Crippen molar-refractivity contribution in [3.63, 3.8) is 0 Å². The average Bonchev–Trinajstić information content (AvgIpc) is 2.03. The van der Waals surface area contributed by atoms with Gasteiger partial charge in [0.15, 0.2) is 0 Å². The molecular formula is C7H4F3LiO2S. The Labute approximate surface area is 93.0 Å². The summed E-state index contributed by atoms with van der Waals surface area (Å²) >= 11 is -2.48. The monoisotopic (exact) mass is 216 g/mol. The molecule has 0 fully saturated rings. The second-order valence-electron chi connectivity index (χ2n) is 2.26. The van der Waals surface area contributed by atoms with Crippen LogP contribution in [0, 0.1) is 0 Å². The third-order valence-electron chi connectivity index (χ3n) is 1.37. The Kier molecular flexibility index (Phi) is 4.88. The molecular weight excluding hydrogens is 212 g/mol. The summed E-state index contributed by atoms with van der Waals surface area (Å²) in [6, 6.07) is 3.27. The molecule has 0 heterocycles. The fraction of sp³-hybridized carbons (Fsp3) is 0.143. The molecule has 1 rings (SSSR count). The molecule has 0 N–H and O–H groups in total. The van der Waals surface area contributed by atoms with Gasteiger partial charge in [0.2, 0.25) is 0 Å².